The predicted molar refractivity (Wildman–Crippen MR) is 100 cm³/mol. The Hall–Kier alpha value is -0.900. The van der Waals surface area contributed by atoms with Gasteiger partial charge in [-0.1, -0.05) is 36.8 Å². The van der Waals surface area contributed by atoms with E-state index in [0.29, 0.717) is 12.1 Å². The van der Waals surface area contributed by atoms with Crippen LogP contribution in [-0.4, -0.2) is 54.1 Å². The number of likely N-dealkylation sites (tertiary alicyclic amines) is 1. The Bertz CT molecular complexity index is 517. The fraction of sp³-hybridized carbons (Fsp3) is 0.714. The molecule has 0 amide bonds. The van der Waals surface area contributed by atoms with Crippen LogP contribution in [0.5, 0.6) is 0 Å². The molecular weight excluding hydrogens is 294 g/mol. The minimum absolute atomic E-state index is 0.537. The van der Waals surface area contributed by atoms with Gasteiger partial charge >= 0.3 is 0 Å². The molecule has 0 spiro atoms. The largest absolute Gasteiger partial charge is 0.310 e. The Morgan fingerprint density at radius 2 is 1.71 bits per heavy atom. The van der Waals surface area contributed by atoms with Crippen molar-refractivity contribution < 1.29 is 0 Å². The summed E-state index contributed by atoms with van der Waals surface area (Å²) < 4.78 is 0. The van der Waals surface area contributed by atoms with Crippen molar-refractivity contribution in [3.8, 4) is 0 Å². The van der Waals surface area contributed by atoms with Crippen LogP contribution in [0.3, 0.4) is 0 Å². The molecule has 0 aromatic heterocycles. The first-order valence-electron chi connectivity index (χ1n) is 9.97. The minimum Gasteiger partial charge on any atom is -0.310 e. The van der Waals surface area contributed by atoms with Gasteiger partial charge in [0.25, 0.3) is 0 Å². The van der Waals surface area contributed by atoms with Crippen molar-refractivity contribution in [2.45, 2.75) is 75.7 Å². The SMILES string of the molecule is CC(c1ccccc1)N1CCC(NC2CC3CCCC(C2)N3C)C1. The highest BCUT2D eigenvalue weighted by atomic mass is 15.2. The third-order valence-corrected chi connectivity index (χ3v) is 6.86. The van der Waals surface area contributed by atoms with Crippen LogP contribution in [0.15, 0.2) is 30.3 Å². The molecule has 1 aromatic rings. The van der Waals surface area contributed by atoms with Crippen LogP contribution in [-0.2, 0) is 0 Å². The Morgan fingerprint density at radius 3 is 2.42 bits per heavy atom. The highest BCUT2D eigenvalue weighted by Crippen LogP contribution is 2.33. The molecule has 3 aliphatic heterocycles. The smallest absolute Gasteiger partial charge is 0.0320 e. The maximum Gasteiger partial charge on any atom is 0.0320 e. The molecule has 2 bridgehead atoms. The third kappa shape index (κ3) is 3.40. The van der Waals surface area contributed by atoms with E-state index in [1.807, 2.05) is 0 Å². The second-order valence-corrected chi connectivity index (χ2v) is 8.31. The van der Waals surface area contributed by atoms with E-state index in [1.54, 1.807) is 0 Å². The lowest BCUT2D eigenvalue weighted by atomic mass is 9.82. The second kappa shape index (κ2) is 7.15. The summed E-state index contributed by atoms with van der Waals surface area (Å²) in [6.45, 7) is 4.79. The molecule has 24 heavy (non-hydrogen) atoms. The molecule has 3 aliphatic rings. The van der Waals surface area contributed by atoms with Crippen molar-refractivity contribution in [1.29, 1.82) is 0 Å². The van der Waals surface area contributed by atoms with Gasteiger partial charge in [-0.2, -0.15) is 0 Å². The molecular formula is C21H33N3. The Morgan fingerprint density at radius 1 is 1.00 bits per heavy atom. The molecule has 0 aliphatic carbocycles. The van der Waals surface area contributed by atoms with Gasteiger partial charge in [-0.05, 0) is 51.6 Å². The molecule has 3 saturated heterocycles. The van der Waals surface area contributed by atoms with Crippen LogP contribution in [0.2, 0.25) is 0 Å². The van der Waals surface area contributed by atoms with Crippen molar-refractivity contribution in [2.75, 3.05) is 20.1 Å². The fourth-order valence-corrected chi connectivity index (χ4v) is 5.30. The van der Waals surface area contributed by atoms with Gasteiger partial charge in [-0.15, -0.1) is 0 Å². The monoisotopic (exact) mass is 327 g/mol. The number of nitrogens with zero attached hydrogens (tertiary/aromatic N) is 2. The first kappa shape index (κ1) is 16.6. The van der Waals surface area contributed by atoms with Gasteiger partial charge < -0.3 is 10.2 Å². The fourth-order valence-electron chi connectivity index (χ4n) is 5.30. The summed E-state index contributed by atoms with van der Waals surface area (Å²) in [6.07, 6.45) is 8.28. The Balaban J connectivity index is 1.31. The normalized spacial score (nSPS) is 35.9. The molecule has 1 aromatic carbocycles. The summed E-state index contributed by atoms with van der Waals surface area (Å²) in [6, 6.07) is 14.6. The summed E-state index contributed by atoms with van der Waals surface area (Å²) in [5, 5.41) is 4.03. The van der Waals surface area contributed by atoms with Gasteiger partial charge in [0, 0.05) is 43.3 Å². The number of rotatable bonds is 4. The lowest BCUT2D eigenvalue weighted by Crippen LogP contribution is -2.56. The first-order valence-corrected chi connectivity index (χ1v) is 9.97. The summed E-state index contributed by atoms with van der Waals surface area (Å²) >= 11 is 0. The zero-order valence-electron chi connectivity index (χ0n) is 15.3. The second-order valence-electron chi connectivity index (χ2n) is 8.31. The standard InChI is InChI=1S/C21H33N3/c1-16(17-7-4-3-5-8-17)24-12-11-18(15-24)22-19-13-20-9-6-10-21(14-19)23(20)2/h3-5,7-8,16,18-22H,6,9-15H2,1-2H3. The molecule has 3 heteroatoms. The lowest BCUT2D eigenvalue weighted by Gasteiger charge is -2.47. The summed E-state index contributed by atoms with van der Waals surface area (Å²) in [5.74, 6) is 0. The molecule has 0 saturated carbocycles. The van der Waals surface area contributed by atoms with Crippen LogP contribution in [0.1, 0.15) is 57.1 Å². The molecule has 4 atom stereocenters. The van der Waals surface area contributed by atoms with Gasteiger partial charge in [0.05, 0.1) is 0 Å². The van der Waals surface area contributed by atoms with Gasteiger partial charge in [-0.25, -0.2) is 0 Å². The molecule has 3 nitrogen and oxygen atoms in total. The van der Waals surface area contributed by atoms with E-state index in [1.165, 1.54) is 57.2 Å². The van der Waals surface area contributed by atoms with Gasteiger partial charge in [0.2, 0.25) is 0 Å². The van der Waals surface area contributed by atoms with Crippen LogP contribution in [0.25, 0.3) is 0 Å². The molecule has 1 N–H and O–H groups in total. The van der Waals surface area contributed by atoms with Crippen LogP contribution < -0.4 is 5.32 Å². The van der Waals surface area contributed by atoms with Crippen molar-refractivity contribution in [3.05, 3.63) is 35.9 Å². The number of hydrogen-bond donors (Lipinski definition) is 1. The zero-order valence-corrected chi connectivity index (χ0v) is 15.3. The van der Waals surface area contributed by atoms with Crippen LogP contribution in [0.4, 0.5) is 0 Å². The van der Waals surface area contributed by atoms with E-state index in [2.05, 4.69) is 59.4 Å². The number of piperidine rings is 2. The summed E-state index contributed by atoms with van der Waals surface area (Å²) in [5.41, 5.74) is 1.45. The predicted octanol–water partition coefficient (Wildman–Crippen LogP) is 3.43. The van der Waals surface area contributed by atoms with E-state index < -0.39 is 0 Å². The lowest BCUT2D eigenvalue weighted by molar-refractivity contribution is 0.0459. The zero-order chi connectivity index (χ0) is 16.5. The minimum atomic E-state index is 0.537. The first-order chi connectivity index (χ1) is 11.7. The van der Waals surface area contributed by atoms with Crippen molar-refractivity contribution in [3.63, 3.8) is 0 Å². The van der Waals surface area contributed by atoms with Gasteiger partial charge in [0.1, 0.15) is 0 Å². The van der Waals surface area contributed by atoms with E-state index in [-0.39, 0.29) is 0 Å². The van der Waals surface area contributed by atoms with Crippen LogP contribution in [0, 0.1) is 0 Å². The van der Waals surface area contributed by atoms with E-state index in [0.717, 1.165) is 18.1 Å². The van der Waals surface area contributed by atoms with Crippen molar-refractivity contribution >= 4 is 0 Å². The maximum absolute atomic E-state index is 4.03. The molecule has 4 rings (SSSR count). The van der Waals surface area contributed by atoms with Crippen molar-refractivity contribution in [2.24, 2.45) is 0 Å². The quantitative estimate of drug-likeness (QED) is 0.914. The number of nitrogens with one attached hydrogen (secondary N) is 1. The van der Waals surface area contributed by atoms with Gasteiger partial charge in [-0.3, -0.25) is 4.90 Å². The van der Waals surface area contributed by atoms with E-state index in [4.69, 9.17) is 0 Å². The summed E-state index contributed by atoms with van der Waals surface area (Å²) in [4.78, 5) is 5.32. The molecule has 3 heterocycles. The average molecular weight is 328 g/mol. The Kier molecular flexibility index (Phi) is 4.93. The molecule has 3 fully saturated rings. The molecule has 0 radical (unpaired) electrons. The highest BCUT2D eigenvalue weighted by molar-refractivity contribution is 5.18. The van der Waals surface area contributed by atoms with Gasteiger partial charge in [0.15, 0.2) is 0 Å². The molecule has 4 unspecified atom stereocenters. The summed E-state index contributed by atoms with van der Waals surface area (Å²) in [7, 11) is 2.35. The third-order valence-electron chi connectivity index (χ3n) is 6.86. The van der Waals surface area contributed by atoms with E-state index >= 15 is 0 Å². The topological polar surface area (TPSA) is 18.5 Å². The van der Waals surface area contributed by atoms with E-state index in [9.17, 15) is 0 Å². The van der Waals surface area contributed by atoms with Crippen molar-refractivity contribution in [1.82, 2.24) is 15.1 Å². The van der Waals surface area contributed by atoms with Crippen LogP contribution >= 0.6 is 0 Å². The number of hydrogen-bond acceptors (Lipinski definition) is 3. The number of benzene rings is 1. The average Bonchev–Trinajstić information content (AvgIpc) is 3.04. The Labute approximate surface area is 147 Å². The highest BCUT2D eigenvalue weighted by Gasteiger charge is 2.37. The maximum atomic E-state index is 4.03. The number of fused-ring (bicyclic) bond motifs is 2. The molecule has 132 valence electrons.